The number of halogens is 2. The van der Waals surface area contributed by atoms with E-state index in [1.165, 1.54) is 0 Å². The summed E-state index contributed by atoms with van der Waals surface area (Å²) in [4.78, 5) is 6.16. The number of nitrogens with zero attached hydrogens (tertiary/aromatic N) is 2. The molecule has 0 amide bonds. The van der Waals surface area contributed by atoms with E-state index in [9.17, 15) is 5.11 Å². The molecule has 0 bridgehead atoms. The number of rotatable bonds is 2. The minimum Gasteiger partial charge on any atom is -0.394 e. The van der Waals surface area contributed by atoms with Gasteiger partial charge in [0.1, 0.15) is 11.6 Å². The van der Waals surface area contributed by atoms with Crippen LogP contribution in [0.15, 0.2) is 6.07 Å². The smallest absolute Gasteiger partial charge is 0.150 e. The third-order valence-corrected chi connectivity index (χ3v) is 3.38. The molecule has 4 nitrogen and oxygen atoms in total. The van der Waals surface area contributed by atoms with Gasteiger partial charge in [-0.25, -0.2) is 4.98 Å². The molecule has 1 saturated heterocycles. The second-order valence-electron chi connectivity index (χ2n) is 3.83. The van der Waals surface area contributed by atoms with Gasteiger partial charge in [0, 0.05) is 6.54 Å². The van der Waals surface area contributed by atoms with Crippen molar-refractivity contribution in [3.05, 3.63) is 16.1 Å². The van der Waals surface area contributed by atoms with Crippen molar-refractivity contribution in [3.63, 3.8) is 0 Å². The zero-order chi connectivity index (χ0) is 11.7. The third-order valence-electron chi connectivity index (χ3n) is 2.80. The van der Waals surface area contributed by atoms with E-state index in [4.69, 9.17) is 28.9 Å². The van der Waals surface area contributed by atoms with Gasteiger partial charge < -0.3 is 15.7 Å². The van der Waals surface area contributed by atoms with Gasteiger partial charge in [-0.05, 0) is 18.9 Å². The van der Waals surface area contributed by atoms with Crippen LogP contribution in [0.2, 0.25) is 10.0 Å². The molecule has 1 aromatic rings. The first-order chi connectivity index (χ1) is 7.63. The molecule has 3 N–H and O–H groups in total. The Labute approximate surface area is 104 Å². The van der Waals surface area contributed by atoms with E-state index in [1.807, 2.05) is 4.90 Å². The molecular weight excluding hydrogens is 249 g/mol. The number of pyridine rings is 1. The van der Waals surface area contributed by atoms with Crippen molar-refractivity contribution in [2.45, 2.75) is 18.9 Å². The quantitative estimate of drug-likeness (QED) is 0.854. The Morgan fingerprint density at radius 3 is 2.94 bits per heavy atom. The summed E-state index contributed by atoms with van der Waals surface area (Å²) in [5.41, 5.74) is 5.65. The highest BCUT2D eigenvalue weighted by Crippen LogP contribution is 2.33. The van der Waals surface area contributed by atoms with Gasteiger partial charge in [0.25, 0.3) is 0 Å². The lowest BCUT2D eigenvalue weighted by molar-refractivity contribution is 0.266. The number of anilines is 2. The zero-order valence-corrected chi connectivity index (χ0v) is 10.2. The summed E-state index contributed by atoms with van der Waals surface area (Å²) >= 11 is 11.9. The van der Waals surface area contributed by atoms with E-state index in [0.29, 0.717) is 15.9 Å². The second-order valence-corrected chi connectivity index (χ2v) is 4.65. The van der Waals surface area contributed by atoms with Gasteiger partial charge in [-0.1, -0.05) is 23.2 Å². The maximum absolute atomic E-state index is 9.24. The van der Waals surface area contributed by atoms with Crippen LogP contribution in [-0.2, 0) is 0 Å². The van der Waals surface area contributed by atoms with Gasteiger partial charge in [0.15, 0.2) is 0 Å². The van der Waals surface area contributed by atoms with Gasteiger partial charge in [-0.3, -0.25) is 0 Å². The van der Waals surface area contributed by atoms with Gasteiger partial charge >= 0.3 is 0 Å². The van der Waals surface area contributed by atoms with Crippen LogP contribution < -0.4 is 10.6 Å². The number of aliphatic hydroxyl groups excluding tert-OH is 1. The SMILES string of the molecule is Nc1nc(N2CCCC2CO)c(Cl)cc1Cl. The molecule has 6 heteroatoms. The Bertz CT molecular complexity index is 400. The van der Waals surface area contributed by atoms with Crippen LogP contribution in [0, 0.1) is 0 Å². The summed E-state index contributed by atoms with van der Waals surface area (Å²) < 4.78 is 0. The van der Waals surface area contributed by atoms with Gasteiger partial charge in [0.05, 0.1) is 22.7 Å². The topological polar surface area (TPSA) is 62.4 Å². The Morgan fingerprint density at radius 2 is 2.25 bits per heavy atom. The van der Waals surface area contributed by atoms with Gasteiger partial charge in [0.2, 0.25) is 0 Å². The van der Waals surface area contributed by atoms with Crippen LogP contribution in [-0.4, -0.2) is 29.3 Å². The number of nitrogens with two attached hydrogens (primary N) is 1. The molecule has 1 aliphatic rings. The summed E-state index contributed by atoms with van der Waals surface area (Å²) in [6, 6.07) is 1.67. The predicted octanol–water partition coefficient (Wildman–Crippen LogP) is 1.93. The van der Waals surface area contributed by atoms with Crippen LogP contribution in [0.1, 0.15) is 12.8 Å². The molecule has 0 aliphatic carbocycles. The van der Waals surface area contributed by atoms with E-state index in [2.05, 4.69) is 4.98 Å². The van der Waals surface area contributed by atoms with E-state index in [-0.39, 0.29) is 18.5 Å². The first-order valence-corrected chi connectivity index (χ1v) is 5.88. The van der Waals surface area contributed by atoms with Crippen molar-refractivity contribution < 1.29 is 5.11 Å². The molecule has 1 aliphatic heterocycles. The predicted molar refractivity (Wildman–Crippen MR) is 66.1 cm³/mol. The maximum atomic E-state index is 9.24. The van der Waals surface area contributed by atoms with Crippen molar-refractivity contribution >= 4 is 34.8 Å². The molecular formula is C10H13Cl2N3O. The number of aliphatic hydroxyl groups is 1. The normalized spacial score (nSPS) is 20.4. The Kier molecular flexibility index (Phi) is 3.42. The molecule has 88 valence electrons. The van der Waals surface area contributed by atoms with E-state index in [1.54, 1.807) is 6.07 Å². The van der Waals surface area contributed by atoms with Gasteiger partial charge in [-0.15, -0.1) is 0 Å². The fourth-order valence-electron chi connectivity index (χ4n) is 1.98. The van der Waals surface area contributed by atoms with Crippen LogP contribution in [0.3, 0.4) is 0 Å². The van der Waals surface area contributed by atoms with E-state index >= 15 is 0 Å². The molecule has 0 spiro atoms. The summed E-state index contributed by atoms with van der Waals surface area (Å²) in [5.74, 6) is 0.879. The Hall–Kier alpha value is -0.710. The molecule has 16 heavy (non-hydrogen) atoms. The molecule has 2 rings (SSSR count). The largest absolute Gasteiger partial charge is 0.394 e. The lowest BCUT2D eigenvalue weighted by Crippen LogP contribution is -2.33. The highest BCUT2D eigenvalue weighted by molar-refractivity contribution is 6.37. The van der Waals surface area contributed by atoms with E-state index < -0.39 is 0 Å². The van der Waals surface area contributed by atoms with Crippen molar-refractivity contribution in [3.8, 4) is 0 Å². The van der Waals surface area contributed by atoms with Crippen molar-refractivity contribution in [2.75, 3.05) is 23.8 Å². The second kappa shape index (κ2) is 4.65. The molecule has 1 unspecified atom stereocenters. The summed E-state index contributed by atoms with van der Waals surface area (Å²) in [7, 11) is 0. The zero-order valence-electron chi connectivity index (χ0n) is 8.66. The average Bonchev–Trinajstić information content (AvgIpc) is 2.71. The fourth-order valence-corrected chi connectivity index (χ4v) is 2.44. The number of aromatic nitrogens is 1. The average molecular weight is 262 g/mol. The van der Waals surface area contributed by atoms with Crippen LogP contribution >= 0.6 is 23.2 Å². The summed E-state index contributed by atoms with van der Waals surface area (Å²) in [6.45, 7) is 0.930. The number of hydrogen-bond acceptors (Lipinski definition) is 4. The molecule has 0 saturated carbocycles. The lowest BCUT2D eigenvalue weighted by Gasteiger charge is -2.25. The summed E-state index contributed by atoms with van der Waals surface area (Å²) in [5, 5.41) is 10.1. The molecule has 0 aromatic carbocycles. The molecule has 0 radical (unpaired) electrons. The standard InChI is InChI=1S/C10H13Cl2N3O/c11-7-4-8(12)10(14-9(7)13)15-3-1-2-6(15)5-16/h4,6,16H,1-3,5H2,(H2,13,14). The maximum Gasteiger partial charge on any atom is 0.150 e. The Morgan fingerprint density at radius 1 is 1.50 bits per heavy atom. The van der Waals surface area contributed by atoms with Crippen molar-refractivity contribution in [1.82, 2.24) is 4.98 Å². The van der Waals surface area contributed by atoms with Gasteiger partial charge in [-0.2, -0.15) is 0 Å². The number of hydrogen-bond donors (Lipinski definition) is 2. The highest BCUT2D eigenvalue weighted by atomic mass is 35.5. The molecule has 1 atom stereocenters. The lowest BCUT2D eigenvalue weighted by atomic mass is 10.2. The van der Waals surface area contributed by atoms with Crippen molar-refractivity contribution in [2.24, 2.45) is 0 Å². The van der Waals surface area contributed by atoms with Crippen LogP contribution in [0.25, 0.3) is 0 Å². The monoisotopic (exact) mass is 261 g/mol. The number of nitrogen functional groups attached to an aromatic ring is 1. The van der Waals surface area contributed by atoms with Crippen LogP contribution in [0.5, 0.6) is 0 Å². The minimum atomic E-state index is 0.0746. The first-order valence-electron chi connectivity index (χ1n) is 5.12. The van der Waals surface area contributed by atoms with Crippen LogP contribution in [0.4, 0.5) is 11.6 Å². The molecule has 2 heterocycles. The van der Waals surface area contributed by atoms with Crippen molar-refractivity contribution in [1.29, 1.82) is 0 Å². The first kappa shape index (κ1) is 11.8. The minimum absolute atomic E-state index is 0.0746. The fraction of sp³-hybridized carbons (Fsp3) is 0.500. The Balaban J connectivity index is 2.36. The van der Waals surface area contributed by atoms with E-state index in [0.717, 1.165) is 19.4 Å². The molecule has 1 aromatic heterocycles. The third kappa shape index (κ3) is 2.05. The summed E-state index contributed by atoms with van der Waals surface area (Å²) in [6.07, 6.45) is 1.96. The molecule has 1 fully saturated rings. The highest BCUT2D eigenvalue weighted by Gasteiger charge is 2.27.